The molecule has 1 fully saturated rings. The fraction of sp³-hybridized carbons (Fsp3) is 0.500. The lowest BCUT2D eigenvalue weighted by atomic mass is 10.1. The third-order valence-corrected chi connectivity index (χ3v) is 3.87. The van der Waals surface area contributed by atoms with Gasteiger partial charge in [-0.05, 0) is 31.4 Å². The van der Waals surface area contributed by atoms with Gasteiger partial charge in [-0.25, -0.2) is 4.39 Å². The van der Waals surface area contributed by atoms with Crippen LogP contribution in [0.3, 0.4) is 0 Å². The highest BCUT2D eigenvalue weighted by atomic mass is 19.1. The van der Waals surface area contributed by atoms with Crippen molar-refractivity contribution in [3.05, 3.63) is 24.0 Å². The summed E-state index contributed by atoms with van der Waals surface area (Å²) in [6.07, 6.45) is 2.48. The van der Waals surface area contributed by atoms with Crippen LogP contribution in [0.15, 0.2) is 18.2 Å². The number of ether oxygens (including phenoxy) is 1. The molecule has 0 saturated heterocycles. The van der Waals surface area contributed by atoms with Crippen molar-refractivity contribution >= 4 is 11.6 Å². The van der Waals surface area contributed by atoms with Gasteiger partial charge in [-0.3, -0.25) is 4.79 Å². The summed E-state index contributed by atoms with van der Waals surface area (Å²) in [6.45, 7) is 0.921. The van der Waals surface area contributed by atoms with Gasteiger partial charge < -0.3 is 15.4 Å². The Morgan fingerprint density at radius 1 is 1.42 bits per heavy atom. The summed E-state index contributed by atoms with van der Waals surface area (Å²) in [5, 5.41) is 0. The highest BCUT2D eigenvalue weighted by molar-refractivity contribution is 5.97. The van der Waals surface area contributed by atoms with Crippen LogP contribution in [0.5, 0.6) is 5.75 Å². The van der Waals surface area contributed by atoms with Crippen LogP contribution in [0.4, 0.5) is 10.1 Å². The quantitative estimate of drug-likeness (QED) is 0.839. The monoisotopic (exact) mass is 264 g/mol. The first-order valence-corrected chi connectivity index (χ1v) is 6.64. The first-order chi connectivity index (χ1) is 9.15. The molecule has 1 saturated carbocycles. The molecule has 0 spiro atoms. The molecule has 0 bridgehead atoms. The van der Waals surface area contributed by atoms with Gasteiger partial charge in [0.1, 0.15) is 18.2 Å². The predicted octanol–water partition coefficient (Wildman–Crippen LogP) is 1.68. The average Bonchev–Trinajstić information content (AvgIpc) is 2.83. The molecule has 4 nitrogen and oxygen atoms in total. The third-order valence-electron chi connectivity index (χ3n) is 3.87. The van der Waals surface area contributed by atoms with E-state index in [4.69, 9.17) is 10.5 Å². The Kier molecular flexibility index (Phi) is 3.14. The molecule has 19 heavy (non-hydrogen) atoms. The van der Waals surface area contributed by atoms with Gasteiger partial charge in [0.05, 0.1) is 12.2 Å². The van der Waals surface area contributed by atoms with Gasteiger partial charge in [0, 0.05) is 18.0 Å². The average molecular weight is 264 g/mol. The Labute approximate surface area is 111 Å². The number of hydrogen-bond donors (Lipinski definition) is 1. The third kappa shape index (κ3) is 2.30. The molecule has 1 aromatic rings. The SMILES string of the molecule is N[C@@H]1CC[C@H](C(=O)N2CCOc3cc(F)ccc32)C1. The number of anilines is 1. The summed E-state index contributed by atoms with van der Waals surface area (Å²) < 4.78 is 18.6. The van der Waals surface area contributed by atoms with E-state index in [0.717, 1.165) is 19.3 Å². The van der Waals surface area contributed by atoms with Gasteiger partial charge in [-0.15, -0.1) is 0 Å². The van der Waals surface area contributed by atoms with Crippen LogP contribution in [0.2, 0.25) is 0 Å². The molecule has 1 heterocycles. The molecule has 3 rings (SSSR count). The topological polar surface area (TPSA) is 55.6 Å². The first-order valence-electron chi connectivity index (χ1n) is 6.64. The van der Waals surface area contributed by atoms with Crippen molar-refractivity contribution in [3.8, 4) is 5.75 Å². The van der Waals surface area contributed by atoms with E-state index in [9.17, 15) is 9.18 Å². The Bertz CT molecular complexity index is 506. The van der Waals surface area contributed by atoms with Crippen LogP contribution in [-0.4, -0.2) is 25.1 Å². The Balaban J connectivity index is 1.85. The van der Waals surface area contributed by atoms with Crippen molar-refractivity contribution < 1.29 is 13.9 Å². The smallest absolute Gasteiger partial charge is 0.230 e. The fourth-order valence-electron chi connectivity index (χ4n) is 2.88. The minimum absolute atomic E-state index is 0.00833. The van der Waals surface area contributed by atoms with Crippen LogP contribution in [0, 0.1) is 11.7 Å². The fourth-order valence-corrected chi connectivity index (χ4v) is 2.88. The Morgan fingerprint density at radius 3 is 3.00 bits per heavy atom. The van der Waals surface area contributed by atoms with E-state index in [1.165, 1.54) is 12.1 Å². The van der Waals surface area contributed by atoms with Gasteiger partial charge in [-0.1, -0.05) is 0 Å². The molecule has 5 heteroatoms. The normalized spacial score (nSPS) is 25.9. The minimum Gasteiger partial charge on any atom is -0.489 e. The van der Waals surface area contributed by atoms with Gasteiger partial charge >= 0.3 is 0 Å². The summed E-state index contributed by atoms with van der Waals surface area (Å²) in [5.41, 5.74) is 6.53. The van der Waals surface area contributed by atoms with Crippen LogP contribution in [0.1, 0.15) is 19.3 Å². The molecule has 0 unspecified atom stereocenters. The second-order valence-corrected chi connectivity index (χ2v) is 5.22. The van der Waals surface area contributed by atoms with Crippen molar-refractivity contribution in [2.24, 2.45) is 11.7 Å². The van der Waals surface area contributed by atoms with Crippen LogP contribution in [-0.2, 0) is 4.79 Å². The van der Waals surface area contributed by atoms with Crippen LogP contribution < -0.4 is 15.4 Å². The van der Waals surface area contributed by atoms with E-state index in [0.29, 0.717) is 24.6 Å². The van der Waals surface area contributed by atoms with Crippen molar-refractivity contribution in [1.82, 2.24) is 0 Å². The number of nitrogens with two attached hydrogens (primary N) is 1. The number of amides is 1. The molecular formula is C14H17FN2O2. The van der Waals surface area contributed by atoms with E-state index in [1.54, 1.807) is 11.0 Å². The molecule has 2 aliphatic rings. The molecular weight excluding hydrogens is 247 g/mol. The van der Waals surface area contributed by atoms with Crippen LogP contribution in [0.25, 0.3) is 0 Å². The summed E-state index contributed by atoms with van der Waals surface area (Å²) in [4.78, 5) is 14.2. The highest BCUT2D eigenvalue weighted by Crippen LogP contribution is 2.35. The molecule has 0 radical (unpaired) electrons. The van der Waals surface area contributed by atoms with Gasteiger partial charge in [0.2, 0.25) is 5.91 Å². The van der Waals surface area contributed by atoms with E-state index in [1.807, 2.05) is 0 Å². The number of halogens is 1. The number of benzene rings is 1. The number of carbonyl (C=O) groups excluding carboxylic acids is 1. The zero-order valence-corrected chi connectivity index (χ0v) is 10.6. The molecule has 1 aliphatic carbocycles. The molecule has 1 aromatic carbocycles. The largest absolute Gasteiger partial charge is 0.489 e. The molecule has 2 N–H and O–H groups in total. The number of nitrogens with zero attached hydrogens (tertiary/aromatic N) is 1. The summed E-state index contributed by atoms with van der Waals surface area (Å²) in [7, 11) is 0. The maximum atomic E-state index is 13.2. The Morgan fingerprint density at radius 2 is 2.26 bits per heavy atom. The summed E-state index contributed by atoms with van der Waals surface area (Å²) in [6, 6.07) is 4.42. The van der Waals surface area contributed by atoms with E-state index >= 15 is 0 Å². The van der Waals surface area contributed by atoms with Crippen LogP contribution >= 0.6 is 0 Å². The number of rotatable bonds is 1. The summed E-state index contributed by atoms with van der Waals surface area (Å²) in [5.74, 6) is 0.174. The summed E-state index contributed by atoms with van der Waals surface area (Å²) >= 11 is 0. The highest BCUT2D eigenvalue weighted by Gasteiger charge is 2.33. The number of fused-ring (bicyclic) bond motifs is 1. The predicted molar refractivity (Wildman–Crippen MR) is 69.6 cm³/mol. The van der Waals surface area contributed by atoms with Crippen molar-refractivity contribution in [2.75, 3.05) is 18.1 Å². The maximum absolute atomic E-state index is 13.2. The standard InChI is InChI=1S/C14H17FN2O2/c15-10-2-4-12-13(8-10)19-6-5-17(12)14(18)9-1-3-11(16)7-9/h2,4,8-9,11H,1,3,5-7,16H2/t9-,11+/m0/s1. The molecule has 0 aromatic heterocycles. The van der Waals surface area contributed by atoms with Crippen molar-refractivity contribution in [2.45, 2.75) is 25.3 Å². The molecule has 1 aliphatic heterocycles. The minimum atomic E-state index is -0.351. The lowest BCUT2D eigenvalue weighted by Gasteiger charge is -2.31. The van der Waals surface area contributed by atoms with Gasteiger partial charge in [0.15, 0.2) is 0 Å². The van der Waals surface area contributed by atoms with Gasteiger partial charge in [0.25, 0.3) is 0 Å². The second kappa shape index (κ2) is 4.81. The van der Waals surface area contributed by atoms with E-state index in [-0.39, 0.29) is 23.7 Å². The second-order valence-electron chi connectivity index (χ2n) is 5.22. The number of carbonyl (C=O) groups is 1. The van der Waals surface area contributed by atoms with Gasteiger partial charge in [-0.2, -0.15) is 0 Å². The zero-order valence-electron chi connectivity index (χ0n) is 10.6. The van der Waals surface area contributed by atoms with Crippen molar-refractivity contribution in [3.63, 3.8) is 0 Å². The number of hydrogen-bond acceptors (Lipinski definition) is 3. The van der Waals surface area contributed by atoms with Crippen molar-refractivity contribution in [1.29, 1.82) is 0 Å². The molecule has 102 valence electrons. The van der Waals surface area contributed by atoms with E-state index < -0.39 is 0 Å². The lowest BCUT2D eigenvalue weighted by Crippen LogP contribution is -2.41. The first kappa shape index (κ1) is 12.4. The molecule has 1 amide bonds. The lowest BCUT2D eigenvalue weighted by molar-refractivity contribution is -0.122. The molecule has 2 atom stereocenters. The maximum Gasteiger partial charge on any atom is 0.230 e. The Hall–Kier alpha value is -1.62. The zero-order chi connectivity index (χ0) is 13.4. The van der Waals surface area contributed by atoms with E-state index in [2.05, 4.69) is 0 Å².